The van der Waals surface area contributed by atoms with Crippen molar-refractivity contribution in [2.24, 2.45) is 0 Å². The third-order valence-corrected chi connectivity index (χ3v) is 2.65. The average molecular weight is 261 g/mol. The van der Waals surface area contributed by atoms with Gasteiger partial charge in [0, 0.05) is 18.7 Å². The summed E-state index contributed by atoms with van der Waals surface area (Å²) in [6.07, 6.45) is 8.44. The molecular formula is C17H27NO. The highest BCUT2D eigenvalue weighted by molar-refractivity contribution is 5.30. The molecule has 19 heavy (non-hydrogen) atoms. The van der Waals surface area contributed by atoms with E-state index in [1.165, 1.54) is 25.9 Å². The van der Waals surface area contributed by atoms with Crippen LogP contribution in [0, 0.1) is 12.3 Å². The van der Waals surface area contributed by atoms with Crippen molar-refractivity contribution in [2.75, 3.05) is 26.2 Å². The molecule has 0 aliphatic rings. The largest absolute Gasteiger partial charge is 0.396 e. The van der Waals surface area contributed by atoms with Gasteiger partial charge in [-0.2, -0.15) is 0 Å². The normalized spacial score (nSPS) is 9.63. The monoisotopic (exact) mass is 261 g/mol. The Morgan fingerprint density at radius 2 is 1.63 bits per heavy atom. The van der Waals surface area contributed by atoms with Crippen LogP contribution in [0.3, 0.4) is 0 Å². The Kier molecular flexibility index (Phi) is 12.2. The Balaban J connectivity index is 0.000000356. The summed E-state index contributed by atoms with van der Waals surface area (Å²) in [6, 6.07) is 9.60. The van der Waals surface area contributed by atoms with E-state index >= 15 is 0 Å². The minimum absolute atomic E-state index is 0.323. The second kappa shape index (κ2) is 13.1. The van der Waals surface area contributed by atoms with Gasteiger partial charge in [0.15, 0.2) is 0 Å². The van der Waals surface area contributed by atoms with Crippen LogP contribution in [-0.4, -0.2) is 36.2 Å². The van der Waals surface area contributed by atoms with Crippen molar-refractivity contribution >= 4 is 0 Å². The van der Waals surface area contributed by atoms with Crippen molar-refractivity contribution in [2.45, 2.75) is 33.1 Å². The lowest BCUT2D eigenvalue weighted by Gasteiger charge is -2.19. The molecule has 0 unspecified atom stereocenters. The molecule has 0 aromatic heterocycles. The van der Waals surface area contributed by atoms with Crippen LogP contribution in [0.25, 0.3) is 0 Å². The fourth-order valence-electron chi connectivity index (χ4n) is 1.80. The van der Waals surface area contributed by atoms with E-state index in [9.17, 15) is 0 Å². The van der Waals surface area contributed by atoms with Crippen molar-refractivity contribution in [3.8, 4) is 12.3 Å². The van der Waals surface area contributed by atoms with Crippen LogP contribution in [-0.2, 0) is 0 Å². The zero-order valence-corrected chi connectivity index (χ0v) is 12.3. The smallest absolute Gasteiger partial charge is 0.0443 e. The summed E-state index contributed by atoms with van der Waals surface area (Å²) in [5, 5.41) is 8.62. The van der Waals surface area contributed by atoms with Crippen molar-refractivity contribution in [3.05, 3.63) is 35.9 Å². The van der Waals surface area contributed by atoms with Crippen LogP contribution in [0.4, 0.5) is 0 Å². The van der Waals surface area contributed by atoms with Crippen molar-refractivity contribution < 1.29 is 5.11 Å². The van der Waals surface area contributed by atoms with Crippen molar-refractivity contribution in [3.63, 3.8) is 0 Å². The molecule has 0 heterocycles. The summed E-state index contributed by atoms with van der Waals surface area (Å²) in [6.45, 7) is 8.12. The van der Waals surface area contributed by atoms with Gasteiger partial charge in [0.2, 0.25) is 0 Å². The molecule has 0 saturated heterocycles. The number of aliphatic hydroxyl groups excluding tert-OH is 1. The van der Waals surface area contributed by atoms with E-state index in [0.29, 0.717) is 6.61 Å². The third kappa shape index (κ3) is 10.3. The van der Waals surface area contributed by atoms with Gasteiger partial charge < -0.3 is 10.0 Å². The zero-order valence-electron chi connectivity index (χ0n) is 12.3. The maximum absolute atomic E-state index is 8.62. The fraction of sp³-hybridized carbons (Fsp3) is 0.529. The van der Waals surface area contributed by atoms with Gasteiger partial charge >= 0.3 is 0 Å². The first-order valence-corrected chi connectivity index (χ1v) is 7.13. The molecule has 1 aromatic carbocycles. The van der Waals surface area contributed by atoms with Gasteiger partial charge in [0.1, 0.15) is 0 Å². The molecule has 0 bridgehead atoms. The molecule has 0 saturated carbocycles. The standard InChI is InChI=1S/C9H21NO.C8H6/c1-3-6-10(7-4-2)8-5-9-11;1-2-8-6-4-3-5-7-8/h11H,3-9H2,1-2H3;1,3-7H. The first-order chi connectivity index (χ1) is 9.28. The fourth-order valence-corrected chi connectivity index (χ4v) is 1.80. The topological polar surface area (TPSA) is 23.5 Å². The van der Waals surface area contributed by atoms with Crippen LogP contribution >= 0.6 is 0 Å². The Morgan fingerprint density at radius 3 is 2.00 bits per heavy atom. The summed E-state index contributed by atoms with van der Waals surface area (Å²) in [4.78, 5) is 2.41. The molecule has 0 spiro atoms. The van der Waals surface area contributed by atoms with E-state index < -0.39 is 0 Å². The molecule has 1 N–H and O–H groups in total. The summed E-state index contributed by atoms with van der Waals surface area (Å²) in [5.41, 5.74) is 0.938. The number of rotatable bonds is 7. The predicted octanol–water partition coefficient (Wildman–Crippen LogP) is 3.16. The van der Waals surface area contributed by atoms with E-state index in [4.69, 9.17) is 11.5 Å². The van der Waals surface area contributed by atoms with Gasteiger partial charge in [-0.1, -0.05) is 38.0 Å². The number of hydrogen-bond acceptors (Lipinski definition) is 2. The highest BCUT2D eigenvalue weighted by Crippen LogP contribution is 1.95. The number of benzene rings is 1. The lowest BCUT2D eigenvalue weighted by Crippen LogP contribution is -2.27. The lowest BCUT2D eigenvalue weighted by molar-refractivity contribution is 0.224. The molecule has 0 atom stereocenters. The van der Waals surface area contributed by atoms with E-state index in [1.54, 1.807) is 0 Å². The predicted molar refractivity (Wildman–Crippen MR) is 83.1 cm³/mol. The molecule has 0 radical (unpaired) electrons. The lowest BCUT2D eigenvalue weighted by atomic mass is 10.2. The van der Waals surface area contributed by atoms with E-state index in [2.05, 4.69) is 24.7 Å². The van der Waals surface area contributed by atoms with Gasteiger partial charge in [-0.3, -0.25) is 0 Å². The van der Waals surface area contributed by atoms with Crippen LogP contribution in [0.1, 0.15) is 38.7 Å². The van der Waals surface area contributed by atoms with Crippen LogP contribution < -0.4 is 0 Å². The summed E-state index contributed by atoms with van der Waals surface area (Å²) < 4.78 is 0. The Bertz CT molecular complexity index is 323. The SMILES string of the molecule is C#Cc1ccccc1.CCCN(CCC)CCCO. The summed E-state index contributed by atoms with van der Waals surface area (Å²) in [5.74, 6) is 2.53. The molecule has 106 valence electrons. The molecule has 1 rings (SSSR count). The maximum Gasteiger partial charge on any atom is 0.0443 e. The molecule has 0 fully saturated rings. The molecule has 1 aromatic rings. The Labute approximate surface area is 118 Å². The van der Waals surface area contributed by atoms with E-state index in [1.807, 2.05) is 30.3 Å². The van der Waals surface area contributed by atoms with Crippen LogP contribution in [0.5, 0.6) is 0 Å². The number of terminal acetylenes is 1. The molecule has 2 nitrogen and oxygen atoms in total. The highest BCUT2D eigenvalue weighted by atomic mass is 16.3. The molecular weight excluding hydrogens is 234 g/mol. The molecule has 0 aliphatic carbocycles. The van der Waals surface area contributed by atoms with Crippen molar-refractivity contribution in [1.29, 1.82) is 0 Å². The van der Waals surface area contributed by atoms with Gasteiger partial charge in [0.25, 0.3) is 0 Å². The zero-order chi connectivity index (χ0) is 14.3. The van der Waals surface area contributed by atoms with Gasteiger partial charge in [0.05, 0.1) is 0 Å². The van der Waals surface area contributed by atoms with Crippen molar-refractivity contribution in [1.82, 2.24) is 4.90 Å². The third-order valence-electron chi connectivity index (χ3n) is 2.65. The van der Waals surface area contributed by atoms with Gasteiger partial charge in [-0.25, -0.2) is 0 Å². The average Bonchev–Trinajstić information content (AvgIpc) is 2.47. The molecule has 0 aliphatic heterocycles. The minimum atomic E-state index is 0.323. The molecule has 0 amide bonds. The van der Waals surface area contributed by atoms with Gasteiger partial charge in [-0.05, 0) is 44.5 Å². The quantitative estimate of drug-likeness (QED) is 0.762. The number of aliphatic hydroxyl groups is 1. The highest BCUT2D eigenvalue weighted by Gasteiger charge is 1.99. The maximum atomic E-state index is 8.62. The minimum Gasteiger partial charge on any atom is -0.396 e. The summed E-state index contributed by atoms with van der Waals surface area (Å²) in [7, 11) is 0. The van der Waals surface area contributed by atoms with Gasteiger partial charge in [-0.15, -0.1) is 6.42 Å². The Hall–Kier alpha value is -1.30. The van der Waals surface area contributed by atoms with Crippen LogP contribution in [0.15, 0.2) is 30.3 Å². The number of hydrogen-bond donors (Lipinski definition) is 1. The summed E-state index contributed by atoms with van der Waals surface area (Å²) >= 11 is 0. The first kappa shape index (κ1) is 17.7. The van der Waals surface area contributed by atoms with E-state index in [0.717, 1.165) is 18.5 Å². The molecule has 2 heteroatoms. The second-order valence-corrected chi connectivity index (χ2v) is 4.43. The first-order valence-electron chi connectivity index (χ1n) is 7.13. The van der Waals surface area contributed by atoms with Crippen LogP contribution in [0.2, 0.25) is 0 Å². The number of nitrogens with zero attached hydrogens (tertiary/aromatic N) is 1. The van der Waals surface area contributed by atoms with E-state index in [-0.39, 0.29) is 0 Å². The Morgan fingerprint density at radius 1 is 1.05 bits per heavy atom. The second-order valence-electron chi connectivity index (χ2n) is 4.43.